The Hall–Kier alpha value is -4.94. The third-order valence-corrected chi connectivity index (χ3v) is 9.48. The van der Waals surface area contributed by atoms with Crippen molar-refractivity contribution >= 4 is 97.0 Å². The summed E-state index contributed by atoms with van der Waals surface area (Å²) in [7, 11) is 0. The smallest absolute Gasteiger partial charge is 0.00197 e. The number of benzene rings is 8. The lowest BCUT2D eigenvalue weighted by Crippen LogP contribution is -1.84. The monoisotopic (exact) mass is 504 g/mol. The van der Waals surface area contributed by atoms with Gasteiger partial charge in [0.05, 0.1) is 0 Å². The van der Waals surface area contributed by atoms with Gasteiger partial charge in [0.25, 0.3) is 0 Å². The van der Waals surface area contributed by atoms with Gasteiger partial charge in [0.2, 0.25) is 0 Å². The number of hydrogen-bond donors (Lipinski definition) is 0. The van der Waals surface area contributed by atoms with Crippen molar-refractivity contribution in [2.75, 3.05) is 0 Å². The molecule has 0 fully saturated rings. The predicted octanol–water partition coefficient (Wildman–Crippen LogP) is 11.6. The fourth-order valence-corrected chi connectivity index (χ4v) is 7.83. The van der Waals surface area contributed by atoms with Crippen LogP contribution in [0.1, 0.15) is 11.1 Å². The minimum Gasteiger partial charge on any atom is -0.0616 e. The van der Waals surface area contributed by atoms with E-state index in [1.54, 1.807) is 0 Å². The molecule has 0 spiro atoms. The van der Waals surface area contributed by atoms with Gasteiger partial charge < -0.3 is 0 Å². The SMILES string of the molecule is Cc1cc2c3cc4ccccc4cc3c3cc4c(cc5c6cc7ccccc7cc6c6cc(C)cc4c65)c(c1)c23. The molecule has 184 valence electrons. The molecule has 0 saturated carbocycles. The van der Waals surface area contributed by atoms with E-state index in [2.05, 4.69) is 123 Å². The minimum atomic E-state index is 1.30. The van der Waals surface area contributed by atoms with E-state index in [1.165, 1.54) is 108 Å². The molecule has 0 radical (unpaired) electrons. The van der Waals surface area contributed by atoms with Gasteiger partial charge in [-0.2, -0.15) is 0 Å². The maximum atomic E-state index is 2.50. The van der Waals surface area contributed by atoms with Gasteiger partial charge in [-0.1, -0.05) is 72.8 Å². The Morgan fingerprint density at radius 3 is 0.825 bits per heavy atom. The van der Waals surface area contributed by atoms with Crippen LogP contribution in [0.4, 0.5) is 0 Å². The topological polar surface area (TPSA) is 0 Å². The molecule has 0 unspecified atom stereocenters. The van der Waals surface area contributed by atoms with Gasteiger partial charge in [0.15, 0.2) is 0 Å². The van der Waals surface area contributed by atoms with Crippen LogP contribution in [0.3, 0.4) is 0 Å². The molecule has 0 atom stereocenters. The second-order valence-corrected chi connectivity index (χ2v) is 11.9. The van der Waals surface area contributed by atoms with Gasteiger partial charge in [-0.05, 0) is 158 Å². The van der Waals surface area contributed by atoms with E-state index in [9.17, 15) is 0 Å². The van der Waals surface area contributed by atoms with Crippen LogP contribution in [0.5, 0.6) is 0 Å². The Morgan fingerprint density at radius 2 is 0.525 bits per heavy atom. The maximum Gasteiger partial charge on any atom is -0.00197 e. The first-order chi connectivity index (χ1) is 19.6. The van der Waals surface area contributed by atoms with Gasteiger partial charge in [-0.25, -0.2) is 0 Å². The first-order valence-electron chi connectivity index (χ1n) is 14.2. The normalized spacial score (nSPS) is 12.8. The summed E-state index contributed by atoms with van der Waals surface area (Å²) in [5.74, 6) is 0. The molecule has 0 saturated heterocycles. The Morgan fingerprint density at radius 1 is 0.275 bits per heavy atom. The van der Waals surface area contributed by atoms with Crippen LogP contribution in [0.2, 0.25) is 0 Å². The van der Waals surface area contributed by atoms with Crippen molar-refractivity contribution in [3.63, 3.8) is 0 Å². The van der Waals surface area contributed by atoms with Crippen molar-refractivity contribution < 1.29 is 0 Å². The highest BCUT2D eigenvalue weighted by Gasteiger charge is 2.20. The number of fused-ring (bicyclic) bond motifs is 11. The molecule has 0 heteroatoms. The maximum absolute atomic E-state index is 2.50. The van der Waals surface area contributed by atoms with Crippen LogP contribution < -0.4 is 0 Å². The molecule has 10 aromatic rings. The molecule has 40 heavy (non-hydrogen) atoms. The average molecular weight is 505 g/mol. The lowest BCUT2D eigenvalue weighted by atomic mass is 9.91. The zero-order valence-corrected chi connectivity index (χ0v) is 22.4. The molecule has 0 bridgehead atoms. The fourth-order valence-electron chi connectivity index (χ4n) is 7.83. The summed E-state index contributed by atoms with van der Waals surface area (Å²) < 4.78 is 0. The third-order valence-electron chi connectivity index (χ3n) is 9.48. The summed E-state index contributed by atoms with van der Waals surface area (Å²) >= 11 is 0. The van der Waals surface area contributed by atoms with E-state index in [-0.39, 0.29) is 0 Å². The highest BCUT2D eigenvalue weighted by atomic mass is 14.2. The second-order valence-electron chi connectivity index (χ2n) is 11.9. The Kier molecular flexibility index (Phi) is 3.65. The van der Waals surface area contributed by atoms with E-state index >= 15 is 0 Å². The summed E-state index contributed by atoms with van der Waals surface area (Å²) in [6, 6.07) is 41.8. The number of rotatable bonds is 0. The molecule has 0 heterocycles. The molecule has 0 aliphatic carbocycles. The van der Waals surface area contributed by atoms with Crippen LogP contribution in [0.15, 0.2) is 109 Å². The van der Waals surface area contributed by atoms with E-state index in [1.807, 2.05) is 0 Å². The van der Waals surface area contributed by atoms with Gasteiger partial charge in [-0.15, -0.1) is 0 Å². The Balaban J connectivity index is 1.50. The van der Waals surface area contributed by atoms with E-state index < -0.39 is 0 Å². The van der Waals surface area contributed by atoms with Crippen molar-refractivity contribution in [2.45, 2.75) is 13.8 Å². The summed E-state index contributed by atoms with van der Waals surface area (Å²) in [6.45, 7) is 4.49. The van der Waals surface area contributed by atoms with Gasteiger partial charge >= 0.3 is 0 Å². The van der Waals surface area contributed by atoms with Crippen LogP contribution in [0, 0.1) is 13.8 Å². The van der Waals surface area contributed by atoms with Crippen molar-refractivity contribution in [1.82, 2.24) is 0 Å². The zero-order valence-electron chi connectivity index (χ0n) is 22.4. The third kappa shape index (κ3) is 2.48. The first kappa shape index (κ1) is 21.0. The average Bonchev–Trinajstić information content (AvgIpc) is 3.43. The van der Waals surface area contributed by atoms with Gasteiger partial charge in [0, 0.05) is 0 Å². The molecule has 0 aliphatic heterocycles. The van der Waals surface area contributed by atoms with Crippen molar-refractivity contribution in [2.24, 2.45) is 0 Å². The summed E-state index contributed by atoms with van der Waals surface area (Å²) in [5, 5.41) is 24.4. The molecular formula is C40H24. The minimum absolute atomic E-state index is 1.30. The highest BCUT2D eigenvalue weighted by Crippen LogP contribution is 2.48. The molecule has 0 aromatic heterocycles. The van der Waals surface area contributed by atoms with Crippen molar-refractivity contribution in [1.29, 1.82) is 0 Å². The van der Waals surface area contributed by atoms with Crippen molar-refractivity contribution in [3.8, 4) is 0 Å². The van der Waals surface area contributed by atoms with E-state index in [0.29, 0.717) is 0 Å². The lowest BCUT2D eigenvalue weighted by molar-refractivity contribution is 1.53. The Labute approximate surface area is 230 Å². The Bertz CT molecular complexity index is 2520. The number of aryl methyl sites for hydroxylation is 2. The second kappa shape index (κ2) is 6.97. The van der Waals surface area contributed by atoms with Crippen LogP contribution in [0.25, 0.3) is 97.0 Å². The fraction of sp³-hybridized carbons (Fsp3) is 0.0500. The van der Waals surface area contributed by atoms with Crippen LogP contribution in [-0.4, -0.2) is 0 Å². The summed E-state index contributed by atoms with van der Waals surface area (Å²) in [5.41, 5.74) is 2.63. The largest absolute Gasteiger partial charge is 0.0616 e. The summed E-state index contributed by atoms with van der Waals surface area (Å²) in [6.07, 6.45) is 0. The van der Waals surface area contributed by atoms with Gasteiger partial charge in [-0.3, -0.25) is 0 Å². The molecule has 0 amide bonds. The summed E-state index contributed by atoms with van der Waals surface area (Å²) in [4.78, 5) is 0. The molecule has 10 aromatic carbocycles. The molecule has 10 rings (SSSR count). The molecule has 0 N–H and O–H groups in total. The molecular weight excluding hydrogens is 480 g/mol. The quantitative estimate of drug-likeness (QED) is 0.180. The van der Waals surface area contributed by atoms with E-state index in [4.69, 9.17) is 0 Å². The molecule has 0 aliphatic rings. The highest BCUT2D eigenvalue weighted by molar-refractivity contribution is 6.42. The zero-order chi connectivity index (χ0) is 26.3. The van der Waals surface area contributed by atoms with Gasteiger partial charge in [0.1, 0.15) is 0 Å². The van der Waals surface area contributed by atoms with E-state index in [0.717, 1.165) is 0 Å². The van der Waals surface area contributed by atoms with Crippen LogP contribution in [-0.2, 0) is 0 Å². The lowest BCUT2D eigenvalue weighted by Gasteiger charge is -2.11. The first-order valence-corrected chi connectivity index (χ1v) is 14.2. The standard InChI is InChI=1S/C40H24/c1-21-11-33-27-15-23-7-3-5-9-25(23)17-29(27)37-20-32-31(35(13-21)39(33)37)19-38-30-18-26-10-6-4-8-24(26)16-28(30)34-12-22(2)14-36(32)40(34)38/h3-20H,1-2H3. The van der Waals surface area contributed by atoms with Crippen LogP contribution >= 0.6 is 0 Å². The molecule has 0 nitrogen and oxygen atoms in total. The van der Waals surface area contributed by atoms with Crippen molar-refractivity contribution in [3.05, 3.63) is 120 Å². The number of hydrogen-bond acceptors (Lipinski definition) is 0. The predicted molar refractivity (Wildman–Crippen MR) is 176 cm³/mol.